The van der Waals surface area contributed by atoms with Crippen LogP contribution in [0.2, 0.25) is 0 Å². The summed E-state index contributed by atoms with van der Waals surface area (Å²) in [5.41, 5.74) is 5.63. The third-order valence-corrected chi connectivity index (χ3v) is 3.22. The molecule has 3 aromatic rings. The van der Waals surface area contributed by atoms with Crippen molar-refractivity contribution in [3.05, 3.63) is 66.2 Å². The lowest BCUT2D eigenvalue weighted by atomic mass is 10.1. The van der Waals surface area contributed by atoms with Crippen LogP contribution in [0, 0.1) is 0 Å². The molecular formula is C17H13F2NO. The first kappa shape index (κ1) is 13.4. The zero-order valence-electron chi connectivity index (χ0n) is 11.1. The second-order valence-corrected chi connectivity index (χ2v) is 4.71. The van der Waals surface area contributed by atoms with Gasteiger partial charge in [-0.1, -0.05) is 30.3 Å². The third kappa shape index (κ3) is 2.79. The van der Waals surface area contributed by atoms with Crippen LogP contribution in [0.4, 0.5) is 14.5 Å². The molecule has 0 aliphatic rings. The van der Waals surface area contributed by atoms with Crippen molar-refractivity contribution in [1.29, 1.82) is 0 Å². The highest BCUT2D eigenvalue weighted by molar-refractivity contribution is 5.83. The Labute approximate surface area is 120 Å². The summed E-state index contributed by atoms with van der Waals surface area (Å²) in [6.45, 7) is 0. The zero-order chi connectivity index (χ0) is 14.8. The molecule has 0 saturated heterocycles. The number of benzene rings is 3. The number of ether oxygens (including phenoxy) is 1. The van der Waals surface area contributed by atoms with Gasteiger partial charge in [-0.25, -0.2) is 8.78 Å². The van der Waals surface area contributed by atoms with E-state index in [0.29, 0.717) is 5.75 Å². The number of halogens is 2. The minimum absolute atomic E-state index is 0.120. The molecule has 0 aromatic heterocycles. The average molecular weight is 285 g/mol. The number of hydrogen-bond acceptors (Lipinski definition) is 2. The molecule has 2 nitrogen and oxygen atoms in total. The predicted octanol–water partition coefficient (Wildman–Crippen LogP) is 5.15. The van der Waals surface area contributed by atoms with Gasteiger partial charge in [0.25, 0.3) is 6.43 Å². The quantitative estimate of drug-likeness (QED) is 0.675. The molecule has 21 heavy (non-hydrogen) atoms. The van der Waals surface area contributed by atoms with E-state index >= 15 is 0 Å². The molecule has 0 bridgehead atoms. The first-order chi connectivity index (χ1) is 10.1. The van der Waals surface area contributed by atoms with Crippen molar-refractivity contribution in [3.63, 3.8) is 0 Å². The van der Waals surface area contributed by atoms with Crippen LogP contribution in [0.15, 0.2) is 60.7 Å². The zero-order valence-corrected chi connectivity index (χ0v) is 11.1. The summed E-state index contributed by atoms with van der Waals surface area (Å²) >= 11 is 0. The molecule has 3 rings (SSSR count). The number of rotatable bonds is 3. The van der Waals surface area contributed by atoms with Crippen molar-refractivity contribution < 1.29 is 13.5 Å². The van der Waals surface area contributed by atoms with E-state index in [1.165, 1.54) is 12.1 Å². The Kier molecular flexibility index (Phi) is 3.44. The van der Waals surface area contributed by atoms with E-state index in [4.69, 9.17) is 10.5 Å². The second-order valence-electron chi connectivity index (χ2n) is 4.71. The highest BCUT2D eigenvalue weighted by atomic mass is 19.3. The molecule has 0 aliphatic carbocycles. The maximum Gasteiger partial charge on any atom is 0.267 e. The van der Waals surface area contributed by atoms with E-state index in [1.807, 2.05) is 36.4 Å². The molecule has 0 spiro atoms. The van der Waals surface area contributed by atoms with Crippen LogP contribution >= 0.6 is 0 Å². The number of nitrogen functional groups attached to an aromatic ring is 1. The molecule has 3 aromatic carbocycles. The highest BCUT2D eigenvalue weighted by Crippen LogP contribution is 2.34. The van der Waals surface area contributed by atoms with Gasteiger partial charge in [-0.05, 0) is 41.1 Å². The monoisotopic (exact) mass is 285 g/mol. The van der Waals surface area contributed by atoms with Crippen LogP contribution in [0.3, 0.4) is 0 Å². The summed E-state index contributed by atoms with van der Waals surface area (Å²) in [6, 6.07) is 17.5. The van der Waals surface area contributed by atoms with Crippen molar-refractivity contribution in [2.45, 2.75) is 6.43 Å². The van der Waals surface area contributed by atoms with Crippen molar-refractivity contribution in [3.8, 4) is 11.5 Å². The topological polar surface area (TPSA) is 35.2 Å². The summed E-state index contributed by atoms with van der Waals surface area (Å²) in [5.74, 6) is 0.634. The van der Waals surface area contributed by atoms with Crippen molar-refractivity contribution >= 4 is 16.5 Å². The normalized spacial score (nSPS) is 11.0. The highest BCUT2D eigenvalue weighted by Gasteiger charge is 2.15. The summed E-state index contributed by atoms with van der Waals surface area (Å²) in [6.07, 6.45) is -2.64. The number of fused-ring (bicyclic) bond motifs is 1. The molecule has 0 fully saturated rings. The van der Waals surface area contributed by atoms with Crippen molar-refractivity contribution in [1.82, 2.24) is 0 Å². The minimum atomic E-state index is -2.64. The summed E-state index contributed by atoms with van der Waals surface area (Å²) in [7, 11) is 0. The Morgan fingerprint density at radius 3 is 2.38 bits per heavy atom. The lowest BCUT2D eigenvalue weighted by Gasteiger charge is -2.12. The maximum absolute atomic E-state index is 13.0. The van der Waals surface area contributed by atoms with Crippen molar-refractivity contribution in [2.75, 3.05) is 5.73 Å². The Morgan fingerprint density at radius 2 is 1.62 bits per heavy atom. The Bertz CT molecular complexity index is 787. The molecule has 0 heterocycles. The standard InChI is InChI=1S/C17H13F2NO/c18-17(19)15-10-13(20)6-8-16(15)21-14-7-5-11-3-1-2-4-12(11)9-14/h1-10,17H,20H2. The summed E-state index contributed by atoms with van der Waals surface area (Å²) in [5, 5.41) is 2.06. The molecule has 2 N–H and O–H groups in total. The van der Waals surface area contributed by atoms with Gasteiger partial charge in [-0.15, -0.1) is 0 Å². The SMILES string of the molecule is Nc1ccc(Oc2ccc3ccccc3c2)c(C(F)F)c1. The summed E-state index contributed by atoms with van der Waals surface area (Å²) < 4.78 is 31.7. The van der Waals surface area contributed by atoms with Gasteiger partial charge < -0.3 is 10.5 Å². The number of anilines is 1. The Morgan fingerprint density at radius 1 is 0.857 bits per heavy atom. The third-order valence-electron chi connectivity index (χ3n) is 3.22. The minimum Gasteiger partial charge on any atom is -0.457 e. The molecule has 0 aliphatic heterocycles. The van der Waals surface area contributed by atoms with E-state index in [-0.39, 0.29) is 17.0 Å². The van der Waals surface area contributed by atoms with Crippen LogP contribution in [0.1, 0.15) is 12.0 Å². The van der Waals surface area contributed by atoms with Gasteiger partial charge >= 0.3 is 0 Å². The lowest BCUT2D eigenvalue weighted by molar-refractivity contribution is 0.148. The van der Waals surface area contributed by atoms with Gasteiger partial charge in [-0.2, -0.15) is 0 Å². The molecular weight excluding hydrogens is 272 g/mol. The second kappa shape index (κ2) is 5.40. The van der Waals surface area contributed by atoms with Crippen LogP contribution in [0.25, 0.3) is 10.8 Å². The van der Waals surface area contributed by atoms with E-state index in [0.717, 1.165) is 10.8 Å². The van der Waals surface area contributed by atoms with E-state index in [2.05, 4.69) is 0 Å². The molecule has 0 amide bonds. The molecule has 0 saturated carbocycles. The Balaban J connectivity index is 1.98. The van der Waals surface area contributed by atoms with Gasteiger partial charge in [0.1, 0.15) is 11.5 Å². The number of hydrogen-bond donors (Lipinski definition) is 1. The number of alkyl halides is 2. The van der Waals surface area contributed by atoms with Gasteiger partial charge in [0, 0.05) is 5.69 Å². The fourth-order valence-electron chi connectivity index (χ4n) is 2.19. The smallest absolute Gasteiger partial charge is 0.267 e. The largest absolute Gasteiger partial charge is 0.457 e. The van der Waals surface area contributed by atoms with E-state index in [1.54, 1.807) is 12.1 Å². The summed E-state index contributed by atoms with van der Waals surface area (Å²) in [4.78, 5) is 0. The fourth-order valence-corrected chi connectivity index (χ4v) is 2.19. The van der Waals surface area contributed by atoms with Gasteiger partial charge in [0.2, 0.25) is 0 Å². The van der Waals surface area contributed by atoms with Crippen molar-refractivity contribution in [2.24, 2.45) is 0 Å². The van der Waals surface area contributed by atoms with Gasteiger partial charge in [-0.3, -0.25) is 0 Å². The lowest BCUT2D eigenvalue weighted by Crippen LogP contribution is -1.95. The molecule has 4 heteroatoms. The predicted molar refractivity (Wildman–Crippen MR) is 79.8 cm³/mol. The van der Waals surface area contributed by atoms with Crippen LogP contribution in [0.5, 0.6) is 11.5 Å². The van der Waals surface area contributed by atoms with E-state index in [9.17, 15) is 8.78 Å². The molecule has 106 valence electrons. The molecule has 0 radical (unpaired) electrons. The maximum atomic E-state index is 13.0. The first-order valence-corrected chi connectivity index (χ1v) is 6.48. The Hall–Kier alpha value is -2.62. The van der Waals surface area contributed by atoms with Gasteiger partial charge in [0.05, 0.1) is 5.56 Å². The number of nitrogens with two attached hydrogens (primary N) is 1. The van der Waals surface area contributed by atoms with Crippen LogP contribution < -0.4 is 10.5 Å². The van der Waals surface area contributed by atoms with E-state index < -0.39 is 6.43 Å². The first-order valence-electron chi connectivity index (χ1n) is 6.48. The van der Waals surface area contributed by atoms with Crippen LogP contribution in [-0.2, 0) is 0 Å². The van der Waals surface area contributed by atoms with Crippen LogP contribution in [-0.4, -0.2) is 0 Å². The fraction of sp³-hybridized carbons (Fsp3) is 0.0588. The molecule has 0 atom stereocenters. The van der Waals surface area contributed by atoms with Gasteiger partial charge in [0.15, 0.2) is 0 Å². The molecule has 0 unspecified atom stereocenters. The average Bonchev–Trinajstić information content (AvgIpc) is 2.49.